The molecule has 0 unspecified atom stereocenters. The maximum Gasteiger partial charge on any atom is 0.407 e. The number of amides is 4. The van der Waals surface area contributed by atoms with Crippen molar-refractivity contribution in [1.82, 2.24) is 25.3 Å². The molecule has 3 fully saturated rings. The second kappa shape index (κ2) is 17.4. The van der Waals surface area contributed by atoms with Crippen molar-refractivity contribution in [2.24, 2.45) is 11.3 Å². The zero-order valence-electron chi connectivity index (χ0n) is 31.1. The number of benzene rings is 1. The van der Waals surface area contributed by atoms with Gasteiger partial charge in [0.1, 0.15) is 23.9 Å². The highest BCUT2D eigenvalue weighted by Gasteiger charge is 2.48. The SMILES string of the molecule is CCOCCO[C@@H]1C[C@@H]2CN(C(=O)[C@@H](NC(=O)[C@H](C)N(CC(C)(C)C)C(=O)O)C3CCCCC3)[C@H](C(=O)N[C@@H]3CCOc4ccccc43)CN2C1. The molecule has 0 bridgehead atoms. The van der Waals surface area contributed by atoms with Crippen LogP contribution in [0.15, 0.2) is 24.3 Å². The molecule has 6 atom stereocenters. The first-order valence-corrected chi connectivity index (χ1v) is 18.9. The third-order valence-corrected chi connectivity index (χ3v) is 10.7. The van der Waals surface area contributed by atoms with Crippen molar-refractivity contribution >= 4 is 23.8 Å². The minimum atomic E-state index is -1.19. The summed E-state index contributed by atoms with van der Waals surface area (Å²) >= 11 is 0. The van der Waals surface area contributed by atoms with E-state index in [1.807, 2.05) is 52.0 Å². The van der Waals surface area contributed by atoms with Crippen LogP contribution in [0.3, 0.4) is 0 Å². The lowest BCUT2D eigenvalue weighted by molar-refractivity contribution is -0.150. The first kappa shape index (κ1) is 38.8. The van der Waals surface area contributed by atoms with E-state index in [1.54, 1.807) is 11.8 Å². The van der Waals surface area contributed by atoms with E-state index in [1.165, 1.54) is 0 Å². The number of carbonyl (C=O) groups is 4. The van der Waals surface area contributed by atoms with Crippen LogP contribution in [0.5, 0.6) is 5.75 Å². The minimum absolute atomic E-state index is 0.00480. The van der Waals surface area contributed by atoms with Crippen molar-refractivity contribution in [2.75, 3.05) is 52.6 Å². The van der Waals surface area contributed by atoms with E-state index in [4.69, 9.17) is 14.2 Å². The topological polar surface area (TPSA) is 150 Å². The average Bonchev–Trinajstić information content (AvgIpc) is 3.52. The molecule has 2 saturated heterocycles. The van der Waals surface area contributed by atoms with E-state index in [-0.39, 0.29) is 47.9 Å². The number of nitrogens with one attached hydrogen (secondary N) is 2. The van der Waals surface area contributed by atoms with Gasteiger partial charge in [0, 0.05) is 50.8 Å². The Morgan fingerprint density at radius 2 is 1.78 bits per heavy atom. The molecule has 51 heavy (non-hydrogen) atoms. The number of carboxylic acid groups (broad SMARTS) is 1. The van der Waals surface area contributed by atoms with Crippen LogP contribution in [0.4, 0.5) is 4.79 Å². The van der Waals surface area contributed by atoms with Crippen molar-refractivity contribution in [1.29, 1.82) is 0 Å². The largest absolute Gasteiger partial charge is 0.493 e. The van der Waals surface area contributed by atoms with Crippen LogP contribution in [-0.2, 0) is 23.9 Å². The van der Waals surface area contributed by atoms with Crippen LogP contribution < -0.4 is 15.4 Å². The molecule has 284 valence electrons. The zero-order valence-corrected chi connectivity index (χ0v) is 31.1. The van der Waals surface area contributed by atoms with E-state index >= 15 is 0 Å². The highest BCUT2D eigenvalue weighted by atomic mass is 16.5. The number of para-hydroxylation sites is 1. The van der Waals surface area contributed by atoms with Crippen molar-refractivity contribution < 1.29 is 38.5 Å². The van der Waals surface area contributed by atoms with Gasteiger partial charge in [-0.3, -0.25) is 24.2 Å². The molecule has 1 saturated carbocycles. The molecular formula is C38H59N5O8. The monoisotopic (exact) mass is 713 g/mol. The van der Waals surface area contributed by atoms with Crippen molar-refractivity contribution in [3.05, 3.63) is 29.8 Å². The van der Waals surface area contributed by atoms with Gasteiger partial charge in [-0.15, -0.1) is 0 Å². The van der Waals surface area contributed by atoms with Crippen LogP contribution in [0.2, 0.25) is 0 Å². The molecule has 0 spiro atoms. The number of ether oxygens (including phenoxy) is 3. The molecule has 3 aliphatic heterocycles. The summed E-state index contributed by atoms with van der Waals surface area (Å²) in [6.07, 6.45) is 4.57. The molecule has 3 heterocycles. The Morgan fingerprint density at radius 3 is 2.49 bits per heavy atom. The Hall–Kier alpha value is -3.42. The second-order valence-electron chi connectivity index (χ2n) is 15.8. The second-order valence-corrected chi connectivity index (χ2v) is 15.8. The molecule has 3 N–H and O–H groups in total. The number of piperazine rings is 1. The number of carbonyl (C=O) groups excluding carboxylic acids is 3. The Kier molecular flexibility index (Phi) is 13.2. The van der Waals surface area contributed by atoms with E-state index in [0.29, 0.717) is 52.5 Å². The molecule has 0 aromatic heterocycles. The first-order valence-electron chi connectivity index (χ1n) is 18.9. The fourth-order valence-corrected chi connectivity index (χ4v) is 8.12. The Bertz CT molecular complexity index is 1360. The first-order chi connectivity index (χ1) is 24.4. The van der Waals surface area contributed by atoms with E-state index in [2.05, 4.69) is 15.5 Å². The summed E-state index contributed by atoms with van der Waals surface area (Å²) in [7, 11) is 0. The summed E-state index contributed by atoms with van der Waals surface area (Å²) in [5.41, 5.74) is 0.537. The number of rotatable bonds is 13. The summed E-state index contributed by atoms with van der Waals surface area (Å²) in [5.74, 6) is -0.409. The van der Waals surface area contributed by atoms with Gasteiger partial charge < -0.3 is 34.9 Å². The van der Waals surface area contributed by atoms with Gasteiger partial charge in [0.05, 0.1) is 32.0 Å². The van der Waals surface area contributed by atoms with Crippen molar-refractivity contribution in [2.45, 2.75) is 116 Å². The molecule has 13 heteroatoms. The van der Waals surface area contributed by atoms with Gasteiger partial charge >= 0.3 is 6.09 Å². The maximum atomic E-state index is 14.9. The number of hydrogen-bond donors (Lipinski definition) is 3. The quantitative estimate of drug-likeness (QED) is 0.260. The maximum absolute atomic E-state index is 14.9. The lowest BCUT2D eigenvalue weighted by Crippen LogP contribution is -2.66. The highest BCUT2D eigenvalue weighted by molar-refractivity contribution is 5.94. The molecule has 5 rings (SSSR count). The summed E-state index contributed by atoms with van der Waals surface area (Å²) in [6.45, 7) is 12.8. The fraction of sp³-hybridized carbons (Fsp3) is 0.737. The Balaban J connectivity index is 1.40. The normalized spacial score (nSPS) is 25.2. The van der Waals surface area contributed by atoms with Crippen molar-refractivity contribution in [3.8, 4) is 5.75 Å². The van der Waals surface area contributed by atoms with Gasteiger partial charge in [0.2, 0.25) is 17.7 Å². The number of hydrogen-bond acceptors (Lipinski definition) is 8. The van der Waals surface area contributed by atoms with Crippen LogP contribution >= 0.6 is 0 Å². The molecule has 1 aliphatic carbocycles. The lowest BCUT2D eigenvalue weighted by atomic mass is 9.82. The predicted molar refractivity (Wildman–Crippen MR) is 191 cm³/mol. The van der Waals surface area contributed by atoms with Gasteiger partial charge in [-0.1, -0.05) is 58.2 Å². The molecule has 1 aromatic rings. The highest BCUT2D eigenvalue weighted by Crippen LogP contribution is 2.34. The van der Waals surface area contributed by atoms with Gasteiger partial charge in [-0.25, -0.2) is 4.79 Å². The Labute approximate surface area is 302 Å². The number of nitrogens with zero attached hydrogens (tertiary/aromatic N) is 3. The zero-order chi connectivity index (χ0) is 36.7. The molecule has 0 radical (unpaired) electrons. The standard InChI is InChI=1S/C38H59N5O8/c1-6-49-18-19-50-28-20-27-21-42(31(23-41(27)22-28)35(45)39-30-16-17-51-32-15-11-10-14-29(30)32)36(46)33(26-12-8-7-9-13-26)40-34(44)25(2)43(37(47)48)24-38(3,4)5/h10-11,14-15,25-28,30-31,33H,6-9,12-13,16-24H2,1-5H3,(H,39,45)(H,40,44)(H,47,48)/t25-,27+,28+,30+,31-,33-/m0/s1. The van der Waals surface area contributed by atoms with Gasteiger partial charge in [0.25, 0.3) is 0 Å². The van der Waals surface area contributed by atoms with Crippen LogP contribution in [0.25, 0.3) is 0 Å². The molecule has 13 nitrogen and oxygen atoms in total. The van der Waals surface area contributed by atoms with Gasteiger partial charge in [-0.2, -0.15) is 0 Å². The smallest absolute Gasteiger partial charge is 0.407 e. The third-order valence-electron chi connectivity index (χ3n) is 10.7. The third kappa shape index (κ3) is 9.92. The number of fused-ring (bicyclic) bond motifs is 2. The van der Waals surface area contributed by atoms with Crippen LogP contribution in [0.1, 0.15) is 91.2 Å². The Morgan fingerprint density at radius 1 is 1.04 bits per heavy atom. The lowest BCUT2D eigenvalue weighted by Gasteiger charge is -2.45. The summed E-state index contributed by atoms with van der Waals surface area (Å²) in [5, 5.41) is 16.3. The fourth-order valence-electron chi connectivity index (χ4n) is 8.12. The predicted octanol–water partition coefficient (Wildman–Crippen LogP) is 3.81. The molecule has 4 amide bonds. The summed E-state index contributed by atoms with van der Waals surface area (Å²) in [6, 6.07) is 4.75. The van der Waals surface area contributed by atoms with Crippen LogP contribution in [-0.4, -0.2) is 126 Å². The summed E-state index contributed by atoms with van der Waals surface area (Å²) < 4.78 is 17.5. The average molecular weight is 714 g/mol. The molecular weight excluding hydrogens is 654 g/mol. The van der Waals surface area contributed by atoms with Gasteiger partial charge in [0.15, 0.2) is 0 Å². The van der Waals surface area contributed by atoms with E-state index < -0.39 is 30.1 Å². The molecule has 1 aromatic carbocycles. The van der Waals surface area contributed by atoms with E-state index in [9.17, 15) is 24.3 Å². The van der Waals surface area contributed by atoms with Crippen molar-refractivity contribution in [3.63, 3.8) is 0 Å². The van der Waals surface area contributed by atoms with Gasteiger partial charge in [-0.05, 0) is 50.5 Å². The molecule has 4 aliphatic rings. The minimum Gasteiger partial charge on any atom is -0.493 e. The summed E-state index contributed by atoms with van der Waals surface area (Å²) in [4.78, 5) is 60.5. The van der Waals surface area contributed by atoms with E-state index in [0.717, 1.165) is 54.7 Å². The van der Waals surface area contributed by atoms with Crippen LogP contribution in [0, 0.1) is 11.3 Å².